The highest BCUT2D eigenvalue weighted by Gasteiger charge is 2.31. The van der Waals surface area contributed by atoms with Gasteiger partial charge in [-0.15, -0.1) is 0 Å². The number of piperidine rings is 1. The summed E-state index contributed by atoms with van der Waals surface area (Å²) in [7, 11) is 1.34. The van der Waals surface area contributed by atoms with Gasteiger partial charge in [-0.2, -0.15) is 0 Å². The smallest absolute Gasteiger partial charge is 0.325 e. The van der Waals surface area contributed by atoms with Crippen LogP contribution in [-0.4, -0.2) is 53.5 Å². The van der Waals surface area contributed by atoms with Crippen LogP contribution in [0.25, 0.3) is 0 Å². The van der Waals surface area contributed by atoms with E-state index in [1.165, 1.54) is 7.11 Å². The van der Waals surface area contributed by atoms with Crippen LogP contribution >= 0.6 is 0 Å². The van der Waals surface area contributed by atoms with Gasteiger partial charge in [0.05, 0.1) is 13.0 Å². The lowest BCUT2D eigenvalue weighted by Gasteiger charge is -2.34. The van der Waals surface area contributed by atoms with Crippen molar-refractivity contribution in [3.63, 3.8) is 0 Å². The summed E-state index contributed by atoms with van der Waals surface area (Å²) in [6.07, 6.45) is 5.07. The van der Waals surface area contributed by atoms with Crippen molar-refractivity contribution < 1.29 is 14.3 Å². The molecule has 0 bridgehead atoms. The quantitative estimate of drug-likeness (QED) is 0.713. The van der Waals surface area contributed by atoms with Gasteiger partial charge in [0.2, 0.25) is 11.9 Å². The van der Waals surface area contributed by atoms with E-state index in [-0.39, 0.29) is 18.4 Å². The summed E-state index contributed by atoms with van der Waals surface area (Å²) in [5.74, 6) is -0.0140. The molecule has 0 N–H and O–H groups in total. The lowest BCUT2D eigenvalue weighted by Crippen LogP contribution is -2.46. The summed E-state index contributed by atoms with van der Waals surface area (Å²) < 4.78 is 4.81. The molecule has 1 aliphatic rings. The van der Waals surface area contributed by atoms with Gasteiger partial charge in [-0.3, -0.25) is 9.59 Å². The first kappa shape index (κ1) is 19.8. The zero-order valence-corrected chi connectivity index (χ0v) is 16.4. The summed E-state index contributed by atoms with van der Waals surface area (Å²) in [6.45, 7) is 3.71. The third kappa shape index (κ3) is 4.85. The number of aromatic nitrogens is 2. The molecule has 1 aromatic heterocycles. The number of amides is 1. The van der Waals surface area contributed by atoms with Gasteiger partial charge in [-0.25, -0.2) is 9.97 Å². The fraction of sp³-hybridized carbons (Fsp3) is 0.429. The van der Waals surface area contributed by atoms with Crippen LogP contribution in [0.4, 0.5) is 5.95 Å². The maximum absolute atomic E-state index is 13.3. The van der Waals surface area contributed by atoms with E-state index in [1.54, 1.807) is 23.4 Å². The van der Waals surface area contributed by atoms with Crippen molar-refractivity contribution in [2.24, 2.45) is 5.92 Å². The normalized spacial score (nSPS) is 16.5. The third-order valence-corrected chi connectivity index (χ3v) is 5.09. The minimum absolute atomic E-state index is 0.0331. The average Bonchev–Trinajstić information content (AvgIpc) is 2.75. The molecule has 1 aromatic carbocycles. The zero-order chi connectivity index (χ0) is 19.9. The van der Waals surface area contributed by atoms with Crippen LogP contribution in [0, 0.1) is 12.8 Å². The number of methoxy groups -OCH3 is 1. The van der Waals surface area contributed by atoms with Crippen LogP contribution in [0.1, 0.15) is 24.0 Å². The van der Waals surface area contributed by atoms with Crippen molar-refractivity contribution in [3.05, 3.63) is 53.9 Å². The van der Waals surface area contributed by atoms with Crippen LogP contribution in [0.2, 0.25) is 0 Å². The number of hydrogen-bond donors (Lipinski definition) is 0. The number of carbonyl (C=O) groups excluding carboxylic acids is 2. The second-order valence-corrected chi connectivity index (χ2v) is 7.03. The van der Waals surface area contributed by atoms with E-state index in [0.717, 1.165) is 30.5 Å². The van der Waals surface area contributed by atoms with Crippen molar-refractivity contribution in [1.29, 1.82) is 0 Å². The van der Waals surface area contributed by atoms with E-state index in [0.29, 0.717) is 19.0 Å². The Bertz CT molecular complexity index is 812. The van der Waals surface area contributed by atoms with E-state index in [9.17, 15) is 9.59 Å². The number of hydrogen-bond acceptors (Lipinski definition) is 6. The standard InChI is InChI=1S/C21H26N4O3/c1-16-7-3-4-8-17(16)13-25(15-19(26)28-2)20(27)18-9-5-12-24(14-18)21-22-10-6-11-23-21/h3-4,6-8,10-11,18H,5,9,12-15H2,1-2H3. The molecule has 1 amide bonds. The molecular weight excluding hydrogens is 356 g/mol. The van der Waals surface area contributed by atoms with E-state index in [4.69, 9.17) is 4.74 Å². The molecule has 1 aliphatic heterocycles. The minimum atomic E-state index is -0.416. The largest absolute Gasteiger partial charge is 0.468 e. The monoisotopic (exact) mass is 382 g/mol. The molecule has 0 spiro atoms. The molecule has 7 nitrogen and oxygen atoms in total. The van der Waals surface area contributed by atoms with Crippen molar-refractivity contribution in [2.45, 2.75) is 26.3 Å². The number of benzene rings is 1. The van der Waals surface area contributed by atoms with E-state index in [1.807, 2.05) is 36.1 Å². The van der Waals surface area contributed by atoms with Gasteiger partial charge in [0.15, 0.2) is 0 Å². The number of aryl methyl sites for hydroxylation is 1. The minimum Gasteiger partial charge on any atom is -0.468 e. The molecule has 28 heavy (non-hydrogen) atoms. The molecule has 0 saturated carbocycles. The summed E-state index contributed by atoms with van der Waals surface area (Å²) in [5.41, 5.74) is 2.12. The van der Waals surface area contributed by atoms with Gasteiger partial charge in [0.25, 0.3) is 0 Å². The summed E-state index contributed by atoms with van der Waals surface area (Å²) in [6, 6.07) is 9.67. The summed E-state index contributed by atoms with van der Waals surface area (Å²) in [5, 5.41) is 0. The Labute approximate surface area is 165 Å². The van der Waals surface area contributed by atoms with Crippen LogP contribution in [0.5, 0.6) is 0 Å². The first-order valence-corrected chi connectivity index (χ1v) is 9.50. The van der Waals surface area contributed by atoms with Gasteiger partial charge >= 0.3 is 5.97 Å². The van der Waals surface area contributed by atoms with Crippen LogP contribution < -0.4 is 4.90 Å². The first-order chi connectivity index (χ1) is 13.6. The lowest BCUT2D eigenvalue weighted by molar-refractivity contribution is -0.149. The Morgan fingerprint density at radius 2 is 1.96 bits per heavy atom. The van der Waals surface area contributed by atoms with Crippen molar-refractivity contribution in [1.82, 2.24) is 14.9 Å². The van der Waals surface area contributed by atoms with Crippen molar-refractivity contribution in [3.8, 4) is 0 Å². The number of rotatable bonds is 6. The SMILES string of the molecule is COC(=O)CN(Cc1ccccc1C)C(=O)C1CCCN(c2ncccn2)C1. The number of esters is 1. The summed E-state index contributed by atoms with van der Waals surface area (Å²) >= 11 is 0. The van der Waals surface area contributed by atoms with Gasteiger partial charge in [0.1, 0.15) is 6.54 Å². The summed E-state index contributed by atoms with van der Waals surface area (Å²) in [4.78, 5) is 37.5. The van der Waals surface area contributed by atoms with E-state index >= 15 is 0 Å². The number of ether oxygens (including phenoxy) is 1. The number of anilines is 1. The topological polar surface area (TPSA) is 75.6 Å². The lowest BCUT2D eigenvalue weighted by atomic mass is 9.96. The molecule has 1 fully saturated rings. The maximum atomic E-state index is 13.3. The van der Waals surface area contributed by atoms with Crippen LogP contribution in [-0.2, 0) is 20.9 Å². The number of carbonyl (C=O) groups is 2. The van der Waals surface area contributed by atoms with Crippen LogP contribution in [0.3, 0.4) is 0 Å². The predicted octanol–water partition coefficient (Wildman–Crippen LogP) is 2.20. The van der Waals surface area contributed by atoms with E-state index in [2.05, 4.69) is 9.97 Å². The van der Waals surface area contributed by atoms with Gasteiger partial charge in [0, 0.05) is 32.0 Å². The fourth-order valence-electron chi connectivity index (χ4n) is 3.50. The molecule has 148 valence electrons. The van der Waals surface area contributed by atoms with Crippen molar-refractivity contribution >= 4 is 17.8 Å². The first-order valence-electron chi connectivity index (χ1n) is 9.50. The zero-order valence-electron chi connectivity index (χ0n) is 16.4. The molecule has 0 radical (unpaired) electrons. The highest BCUT2D eigenvalue weighted by atomic mass is 16.5. The Hall–Kier alpha value is -2.96. The molecule has 3 rings (SSSR count). The van der Waals surface area contributed by atoms with Gasteiger partial charge in [-0.1, -0.05) is 24.3 Å². The third-order valence-electron chi connectivity index (χ3n) is 5.09. The second kappa shape index (κ2) is 9.30. The van der Waals surface area contributed by atoms with Gasteiger partial charge < -0.3 is 14.5 Å². The molecule has 0 aliphatic carbocycles. The molecule has 7 heteroatoms. The number of nitrogens with zero attached hydrogens (tertiary/aromatic N) is 4. The highest BCUT2D eigenvalue weighted by molar-refractivity contribution is 5.84. The van der Waals surface area contributed by atoms with Crippen LogP contribution in [0.15, 0.2) is 42.7 Å². The Kier molecular flexibility index (Phi) is 6.57. The molecule has 1 unspecified atom stereocenters. The molecule has 1 atom stereocenters. The van der Waals surface area contributed by atoms with E-state index < -0.39 is 5.97 Å². The second-order valence-electron chi connectivity index (χ2n) is 7.03. The maximum Gasteiger partial charge on any atom is 0.325 e. The Balaban J connectivity index is 1.76. The molecule has 2 aromatic rings. The highest BCUT2D eigenvalue weighted by Crippen LogP contribution is 2.23. The molecule has 1 saturated heterocycles. The Morgan fingerprint density at radius 3 is 2.68 bits per heavy atom. The van der Waals surface area contributed by atoms with Crippen molar-refractivity contribution in [2.75, 3.05) is 31.6 Å². The van der Waals surface area contributed by atoms with Gasteiger partial charge in [-0.05, 0) is 37.0 Å². The Morgan fingerprint density at radius 1 is 1.21 bits per heavy atom. The molecular formula is C21H26N4O3. The predicted molar refractivity (Wildman–Crippen MR) is 106 cm³/mol. The fourth-order valence-corrected chi connectivity index (χ4v) is 3.50. The molecule has 2 heterocycles. The average molecular weight is 382 g/mol.